The van der Waals surface area contributed by atoms with Gasteiger partial charge in [-0.3, -0.25) is 4.79 Å². The minimum absolute atomic E-state index is 0.0592. The Hall–Kier alpha value is -2.94. The van der Waals surface area contributed by atoms with Gasteiger partial charge in [-0.1, -0.05) is 35.9 Å². The van der Waals surface area contributed by atoms with Crippen LogP contribution in [0.3, 0.4) is 0 Å². The van der Waals surface area contributed by atoms with Crippen LogP contribution in [0.25, 0.3) is 0 Å². The van der Waals surface area contributed by atoms with Crippen LogP contribution in [0.4, 0.5) is 18.0 Å². The molecule has 0 aliphatic carbocycles. The molecule has 3 amide bonds. The van der Waals surface area contributed by atoms with Crippen LogP contribution in [0.2, 0.25) is 5.02 Å². The van der Waals surface area contributed by atoms with Crippen LogP contribution >= 0.6 is 11.6 Å². The number of primary amides is 1. The van der Waals surface area contributed by atoms with Crippen LogP contribution in [0.5, 0.6) is 5.75 Å². The molecular formula is C19H19ClF3N3O3. The van der Waals surface area contributed by atoms with E-state index >= 15 is 0 Å². The molecule has 2 aromatic carbocycles. The maximum Gasteiger partial charge on any atom is 0.573 e. The Morgan fingerprint density at radius 2 is 1.72 bits per heavy atom. The summed E-state index contributed by atoms with van der Waals surface area (Å²) in [7, 11) is 1.55. The van der Waals surface area contributed by atoms with Gasteiger partial charge in [0.05, 0.1) is 12.5 Å². The van der Waals surface area contributed by atoms with Crippen molar-refractivity contribution in [3.8, 4) is 5.75 Å². The van der Waals surface area contributed by atoms with Gasteiger partial charge >= 0.3 is 12.4 Å². The number of carbonyl (C=O) groups excluding carboxylic acids is 2. The summed E-state index contributed by atoms with van der Waals surface area (Å²) in [5.74, 6) is -0.641. The molecule has 0 saturated heterocycles. The van der Waals surface area contributed by atoms with Crippen molar-refractivity contribution in [2.45, 2.75) is 25.4 Å². The highest BCUT2D eigenvalue weighted by molar-refractivity contribution is 6.30. The molecule has 3 N–H and O–H groups in total. The Morgan fingerprint density at radius 1 is 1.14 bits per heavy atom. The zero-order chi connectivity index (χ0) is 21.6. The number of rotatable bonds is 7. The van der Waals surface area contributed by atoms with Crippen molar-refractivity contribution in [2.75, 3.05) is 7.05 Å². The number of benzene rings is 2. The Balaban J connectivity index is 2.01. The molecule has 0 saturated carbocycles. The average Bonchev–Trinajstić information content (AvgIpc) is 2.61. The Kier molecular flexibility index (Phi) is 7.33. The predicted molar refractivity (Wildman–Crippen MR) is 101 cm³/mol. The smallest absolute Gasteiger partial charge is 0.406 e. The van der Waals surface area contributed by atoms with Gasteiger partial charge in [-0.05, 0) is 35.4 Å². The van der Waals surface area contributed by atoms with Crippen molar-refractivity contribution >= 4 is 23.5 Å². The molecule has 0 radical (unpaired) electrons. The van der Waals surface area contributed by atoms with Gasteiger partial charge < -0.3 is 20.7 Å². The van der Waals surface area contributed by atoms with Gasteiger partial charge in [-0.25, -0.2) is 4.79 Å². The second-order valence-electron chi connectivity index (χ2n) is 6.26. The summed E-state index contributed by atoms with van der Waals surface area (Å²) in [4.78, 5) is 25.3. The first-order chi connectivity index (χ1) is 13.5. The number of ether oxygens (including phenoxy) is 1. The van der Waals surface area contributed by atoms with Crippen LogP contribution in [0, 0.1) is 0 Å². The summed E-state index contributed by atoms with van der Waals surface area (Å²) < 4.78 is 40.4. The number of halogens is 4. The molecule has 29 heavy (non-hydrogen) atoms. The quantitative estimate of drug-likeness (QED) is 0.697. The number of nitrogens with one attached hydrogen (secondary N) is 1. The summed E-state index contributed by atoms with van der Waals surface area (Å²) in [6.45, 7) is 0.162. The number of nitrogens with two attached hydrogens (primary N) is 1. The number of urea groups is 1. The maximum atomic E-state index is 12.6. The Morgan fingerprint density at radius 3 is 2.24 bits per heavy atom. The molecule has 0 spiro atoms. The molecule has 0 aliphatic heterocycles. The van der Waals surface area contributed by atoms with Gasteiger partial charge in [0.15, 0.2) is 0 Å². The second-order valence-corrected chi connectivity index (χ2v) is 6.69. The lowest BCUT2D eigenvalue weighted by Gasteiger charge is -2.22. The molecule has 10 heteroatoms. The topological polar surface area (TPSA) is 84.7 Å². The first-order valence-corrected chi connectivity index (χ1v) is 8.81. The molecule has 1 atom stereocenters. The first kappa shape index (κ1) is 22.4. The van der Waals surface area contributed by atoms with E-state index in [1.807, 2.05) is 0 Å². The van der Waals surface area contributed by atoms with E-state index in [1.165, 1.54) is 29.2 Å². The SMILES string of the molecule is CN(Cc1ccc(OC(F)(F)F)cc1)C(=O)C[C@@H](NC(N)=O)c1ccc(Cl)cc1. The Bertz CT molecular complexity index is 843. The minimum Gasteiger partial charge on any atom is -0.406 e. The summed E-state index contributed by atoms with van der Waals surface area (Å²) in [6.07, 6.45) is -4.82. The lowest BCUT2D eigenvalue weighted by molar-refractivity contribution is -0.274. The number of alkyl halides is 3. The molecule has 2 rings (SSSR count). The number of carbonyl (C=O) groups is 2. The fourth-order valence-electron chi connectivity index (χ4n) is 2.61. The number of hydrogen-bond acceptors (Lipinski definition) is 3. The van der Waals surface area contributed by atoms with Crippen LogP contribution in [-0.2, 0) is 11.3 Å². The van der Waals surface area contributed by atoms with Gasteiger partial charge in [0.25, 0.3) is 0 Å². The molecule has 156 valence electrons. The second kappa shape index (κ2) is 9.51. The molecular weight excluding hydrogens is 411 g/mol. The van der Waals surface area contributed by atoms with E-state index in [2.05, 4.69) is 10.1 Å². The highest BCUT2D eigenvalue weighted by Gasteiger charge is 2.31. The van der Waals surface area contributed by atoms with Crippen molar-refractivity contribution < 1.29 is 27.5 Å². The van der Waals surface area contributed by atoms with E-state index in [-0.39, 0.29) is 24.6 Å². The normalized spacial score (nSPS) is 12.2. The maximum absolute atomic E-state index is 12.6. The predicted octanol–water partition coefficient (Wildman–Crippen LogP) is 4.00. The van der Waals surface area contributed by atoms with Crippen LogP contribution < -0.4 is 15.8 Å². The molecule has 0 fully saturated rings. The van der Waals surface area contributed by atoms with Gasteiger partial charge in [-0.2, -0.15) is 0 Å². The summed E-state index contributed by atoms with van der Waals surface area (Å²) in [5, 5.41) is 3.03. The average molecular weight is 430 g/mol. The van der Waals surface area contributed by atoms with Gasteiger partial charge in [0.2, 0.25) is 5.91 Å². The van der Waals surface area contributed by atoms with Gasteiger partial charge in [0.1, 0.15) is 5.75 Å². The first-order valence-electron chi connectivity index (χ1n) is 8.43. The lowest BCUT2D eigenvalue weighted by atomic mass is 10.0. The van der Waals surface area contributed by atoms with Crippen molar-refractivity contribution in [3.05, 3.63) is 64.7 Å². The molecule has 0 heterocycles. The zero-order valence-electron chi connectivity index (χ0n) is 15.4. The van der Waals surface area contributed by atoms with Crippen LogP contribution in [0.1, 0.15) is 23.6 Å². The standard InChI is InChI=1S/C19H19ClF3N3O3/c1-26(11-12-2-8-15(9-3-12)29-19(21,22)23)17(27)10-16(25-18(24)28)13-4-6-14(20)7-5-13/h2-9,16H,10-11H2,1H3,(H3,24,25,28)/t16-/m1/s1. The van der Waals surface area contributed by atoms with Gasteiger partial charge in [0, 0.05) is 18.6 Å². The number of nitrogens with zero attached hydrogens (tertiary/aromatic N) is 1. The molecule has 0 aromatic heterocycles. The van der Waals surface area contributed by atoms with E-state index in [0.29, 0.717) is 16.1 Å². The minimum atomic E-state index is -4.77. The number of amides is 3. The van der Waals surface area contributed by atoms with Crippen molar-refractivity contribution in [2.24, 2.45) is 5.73 Å². The number of hydrogen-bond donors (Lipinski definition) is 2. The van der Waals surface area contributed by atoms with Crippen LogP contribution in [0.15, 0.2) is 48.5 Å². The highest BCUT2D eigenvalue weighted by atomic mass is 35.5. The lowest BCUT2D eigenvalue weighted by Crippen LogP contribution is -2.37. The third-order valence-electron chi connectivity index (χ3n) is 3.97. The summed E-state index contributed by atoms with van der Waals surface area (Å²) in [6, 6.07) is 10.4. The molecule has 0 aliphatic rings. The van der Waals surface area contributed by atoms with E-state index in [4.69, 9.17) is 17.3 Å². The zero-order valence-corrected chi connectivity index (χ0v) is 16.1. The summed E-state index contributed by atoms with van der Waals surface area (Å²) >= 11 is 5.86. The van der Waals surface area contributed by atoms with E-state index in [1.54, 1.807) is 31.3 Å². The van der Waals surface area contributed by atoms with Crippen molar-refractivity contribution in [1.82, 2.24) is 10.2 Å². The molecule has 6 nitrogen and oxygen atoms in total. The van der Waals surface area contributed by atoms with E-state index in [0.717, 1.165) is 0 Å². The monoisotopic (exact) mass is 429 g/mol. The molecule has 2 aromatic rings. The highest BCUT2D eigenvalue weighted by Crippen LogP contribution is 2.24. The third-order valence-corrected chi connectivity index (χ3v) is 4.22. The van der Waals surface area contributed by atoms with Gasteiger partial charge in [-0.15, -0.1) is 13.2 Å². The van der Waals surface area contributed by atoms with E-state index < -0.39 is 18.4 Å². The fourth-order valence-corrected chi connectivity index (χ4v) is 2.73. The van der Waals surface area contributed by atoms with Crippen molar-refractivity contribution in [3.63, 3.8) is 0 Å². The van der Waals surface area contributed by atoms with Crippen LogP contribution in [-0.4, -0.2) is 30.2 Å². The van der Waals surface area contributed by atoms with Crippen molar-refractivity contribution in [1.29, 1.82) is 0 Å². The largest absolute Gasteiger partial charge is 0.573 e. The molecule has 0 unspecified atom stereocenters. The fraction of sp³-hybridized carbons (Fsp3) is 0.263. The summed E-state index contributed by atoms with van der Waals surface area (Å²) in [5.41, 5.74) is 6.47. The van der Waals surface area contributed by atoms with E-state index in [9.17, 15) is 22.8 Å². The Labute approximate surface area is 170 Å². The third kappa shape index (κ3) is 7.53. The molecule has 0 bridgehead atoms.